The number of thioether (sulfide) groups is 1. The van der Waals surface area contributed by atoms with Crippen molar-refractivity contribution in [3.63, 3.8) is 0 Å². The van der Waals surface area contributed by atoms with Crippen molar-refractivity contribution in [2.75, 3.05) is 6.26 Å². The third kappa shape index (κ3) is 3.18. The first-order valence-corrected chi connectivity index (χ1v) is 10.0. The molecule has 4 rings (SSSR count). The van der Waals surface area contributed by atoms with Crippen LogP contribution in [-0.4, -0.2) is 31.7 Å². The summed E-state index contributed by atoms with van der Waals surface area (Å²) >= 11 is 1.45. The van der Waals surface area contributed by atoms with Gasteiger partial charge >= 0.3 is 0 Å². The summed E-state index contributed by atoms with van der Waals surface area (Å²) in [6.07, 6.45) is 3.48. The van der Waals surface area contributed by atoms with E-state index in [0.29, 0.717) is 22.9 Å². The molecule has 0 spiro atoms. The molecule has 0 aliphatic heterocycles. The monoisotopic (exact) mass is 385 g/mol. The lowest BCUT2D eigenvalue weighted by Gasteiger charge is -2.16. The molecular formula is C19H20FN5OS. The molecule has 1 aliphatic rings. The first-order chi connectivity index (χ1) is 13.0. The number of halogens is 1. The molecule has 8 heteroatoms. The molecule has 6 nitrogen and oxygen atoms in total. The summed E-state index contributed by atoms with van der Waals surface area (Å²) in [5.74, 6) is 0.245. The summed E-state index contributed by atoms with van der Waals surface area (Å²) in [7, 11) is 0. The van der Waals surface area contributed by atoms with Crippen LogP contribution in [-0.2, 0) is 17.6 Å². The maximum absolute atomic E-state index is 13.9. The highest BCUT2D eigenvalue weighted by Gasteiger charge is 2.26. The van der Waals surface area contributed by atoms with Gasteiger partial charge in [0.05, 0.1) is 12.5 Å². The number of hydrogen-bond acceptors (Lipinski definition) is 5. The van der Waals surface area contributed by atoms with Crippen LogP contribution in [0.15, 0.2) is 23.4 Å². The van der Waals surface area contributed by atoms with Gasteiger partial charge in [0, 0.05) is 17.0 Å². The van der Waals surface area contributed by atoms with E-state index in [1.807, 2.05) is 26.2 Å². The quantitative estimate of drug-likeness (QED) is 0.699. The molecule has 27 heavy (non-hydrogen) atoms. The van der Waals surface area contributed by atoms with Gasteiger partial charge in [0.1, 0.15) is 5.82 Å². The fraction of sp³-hybridized carbons (Fsp3) is 0.368. The highest BCUT2D eigenvalue weighted by Crippen LogP contribution is 2.32. The molecule has 1 atom stereocenters. The Morgan fingerprint density at radius 3 is 2.96 bits per heavy atom. The molecule has 2 aromatic heterocycles. The maximum Gasteiger partial charge on any atom is 0.253 e. The smallest absolute Gasteiger partial charge is 0.253 e. The highest BCUT2D eigenvalue weighted by molar-refractivity contribution is 7.98. The number of hydrogen-bond donors (Lipinski definition) is 1. The van der Waals surface area contributed by atoms with Gasteiger partial charge < -0.3 is 5.32 Å². The molecule has 1 aliphatic carbocycles. The lowest BCUT2D eigenvalue weighted by atomic mass is 10.1. The van der Waals surface area contributed by atoms with Gasteiger partial charge in [-0.3, -0.25) is 4.79 Å². The lowest BCUT2D eigenvalue weighted by Crippen LogP contribution is -2.29. The summed E-state index contributed by atoms with van der Waals surface area (Å²) in [6.45, 7) is 3.80. The number of nitrogens with zero attached hydrogens (tertiary/aromatic N) is 4. The van der Waals surface area contributed by atoms with Gasteiger partial charge in [-0.05, 0) is 50.1 Å². The van der Waals surface area contributed by atoms with E-state index in [9.17, 15) is 9.18 Å². The van der Waals surface area contributed by atoms with Crippen LogP contribution < -0.4 is 5.32 Å². The Labute approximate surface area is 160 Å². The summed E-state index contributed by atoms with van der Waals surface area (Å²) in [6, 6.07) is 4.91. The topological polar surface area (TPSA) is 72.2 Å². The van der Waals surface area contributed by atoms with E-state index < -0.39 is 0 Å². The zero-order valence-corrected chi connectivity index (χ0v) is 16.2. The van der Waals surface area contributed by atoms with E-state index >= 15 is 0 Å². The molecule has 1 aromatic carbocycles. The Bertz CT molecular complexity index is 1050. The molecule has 2 heterocycles. The van der Waals surface area contributed by atoms with Gasteiger partial charge in [0.15, 0.2) is 0 Å². The van der Waals surface area contributed by atoms with Gasteiger partial charge in [-0.25, -0.2) is 13.9 Å². The minimum Gasteiger partial charge on any atom is -0.349 e. The Balaban J connectivity index is 1.56. The minimum absolute atomic E-state index is 0.102. The number of nitrogens with one attached hydrogen (secondary N) is 1. The Kier molecular flexibility index (Phi) is 4.59. The molecule has 0 bridgehead atoms. The van der Waals surface area contributed by atoms with Gasteiger partial charge in [0.25, 0.3) is 5.78 Å². The van der Waals surface area contributed by atoms with Gasteiger partial charge in [-0.2, -0.15) is 4.98 Å². The van der Waals surface area contributed by atoms with Crippen LogP contribution in [0.2, 0.25) is 0 Å². The second-order valence-corrected chi connectivity index (χ2v) is 7.49. The van der Waals surface area contributed by atoms with Crippen LogP contribution in [0.25, 0.3) is 5.78 Å². The second kappa shape index (κ2) is 6.92. The third-order valence-corrected chi connectivity index (χ3v) is 5.64. The van der Waals surface area contributed by atoms with Gasteiger partial charge in [-0.1, -0.05) is 23.9 Å². The standard InChI is InChI=1S/C19H20FN5OS/c1-10-14(11(2)25-18(21-10)23-19(24-25)27-3)9-17(26)22-16-8-7-12-13(16)5-4-6-15(12)20/h4-6,16H,7-9H2,1-3H3,(H,22,26). The van der Waals surface area contributed by atoms with Crippen molar-refractivity contribution in [1.29, 1.82) is 0 Å². The zero-order chi connectivity index (χ0) is 19.1. The molecule has 1 unspecified atom stereocenters. The number of benzene rings is 1. The van der Waals surface area contributed by atoms with E-state index in [0.717, 1.165) is 28.9 Å². The van der Waals surface area contributed by atoms with Crippen LogP contribution in [0.4, 0.5) is 4.39 Å². The van der Waals surface area contributed by atoms with Crippen LogP contribution in [0.1, 0.15) is 40.5 Å². The first kappa shape index (κ1) is 17.9. The maximum atomic E-state index is 13.9. The molecule has 0 saturated heterocycles. The third-order valence-electron chi connectivity index (χ3n) is 5.10. The SMILES string of the molecule is CSc1nc2nc(C)c(CC(=O)NC3CCc4c(F)cccc43)c(C)n2n1. The molecule has 1 N–H and O–H groups in total. The predicted molar refractivity (Wildman–Crippen MR) is 101 cm³/mol. The van der Waals surface area contributed by atoms with Crippen molar-refractivity contribution < 1.29 is 9.18 Å². The molecule has 0 saturated carbocycles. The lowest BCUT2D eigenvalue weighted by molar-refractivity contribution is -0.121. The number of rotatable bonds is 4. The number of fused-ring (bicyclic) bond motifs is 2. The Morgan fingerprint density at radius 2 is 2.19 bits per heavy atom. The molecule has 0 fully saturated rings. The summed E-state index contributed by atoms with van der Waals surface area (Å²) in [5.41, 5.74) is 4.07. The van der Waals surface area contributed by atoms with Crippen LogP contribution in [0.5, 0.6) is 0 Å². The van der Waals surface area contributed by atoms with Crippen molar-refractivity contribution in [3.8, 4) is 0 Å². The normalized spacial score (nSPS) is 15.9. The van der Waals surface area contributed by atoms with E-state index in [1.165, 1.54) is 17.8 Å². The minimum atomic E-state index is -0.193. The van der Waals surface area contributed by atoms with Crippen molar-refractivity contribution in [3.05, 3.63) is 52.1 Å². The fourth-order valence-corrected chi connectivity index (χ4v) is 4.03. The van der Waals surface area contributed by atoms with Crippen LogP contribution in [0.3, 0.4) is 0 Å². The van der Waals surface area contributed by atoms with E-state index in [2.05, 4.69) is 20.4 Å². The van der Waals surface area contributed by atoms with E-state index in [-0.39, 0.29) is 24.2 Å². The number of amides is 1. The van der Waals surface area contributed by atoms with Crippen molar-refractivity contribution in [2.45, 2.75) is 44.3 Å². The molecule has 1 amide bonds. The fourth-order valence-electron chi connectivity index (χ4n) is 3.70. The molecule has 3 aromatic rings. The first-order valence-electron chi connectivity index (χ1n) is 8.81. The van der Waals surface area contributed by atoms with Crippen LogP contribution >= 0.6 is 11.8 Å². The van der Waals surface area contributed by atoms with Crippen molar-refractivity contribution in [1.82, 2.24) is 24.9 Å². The summed E-state index contributed by atoms with van der Waals surface area (Å²) in [5, 5.41) is 8.11. The molecule has 0 radical (unpaired) electrons. The van der Waals surface area contributed by atoms with Crippen LogP contribution in [0, 0.1) is 19.7 Å². The largest absolute Gasteiger partial charge is 0.349 e. The summed E-state index contributed by atoms with van der Waals surface area (Å²) in [4.78, 5) is 21.5. The van der Waals surface area contributed by atoms with Gasteiger partial charge in [0.2, 0.25) is 11.1 Å². The average molecular weight is 385 g/mol. The zero-order valence-electron chi connectivity index (χ0n) is 15.4. The van der Waals surface area contributed by atoms with Crippen molar-refractivity contribution in [2.24, 2.45) is 0 Å². The number of aromatic nitrogens is 4. The molecular weight excluding hydrogens is 365 g/mol. The average Bonchev–Trinajstić information content (AvgIpc) is 3.24. The summed E-state index contributed by atoms with van der Waals surface area (Å²) < 4.78 is 15.6. The van der Waals surface area contributed by atoms with E-state index in [4.69, 9.17) is 0 Å². The van der Waals surface area contributed by atoms with Gasteiger partial charge in [-0.15, -0.1) is 5.10 Å². The Hall–Kier alpha value is -2.48. The highest BCUT2D eigenvalue weighted by atomic mass is 32.2. The number of carbonyl (C=O) groups is 1. The van der Waals surface area contributed by atoms with Crippen molar-refractivity contribution >= 4 is 23.4 Å². The van der Waals surface area contributed by atoms with E-state index in [1.54, 1.807) is 10.6 Å². The number of carbonyl (C=O) groups excluding carboxylic acids is 1. The second-order valence-electron chi connectivity index (χ2n) is 6.71. The predicted octanol–water partition coefficient (Wildman–Crippen LogP) is 2.95. The number of aryl methyl sites for hydroxylation is 2. The molecule has 140 valence electrons. The Morgan fingerprint density at radius 1 is 1.37 bits per heavy atom.